The van der Waals surface area contributed by atoms with Crippen molar-refractivity contribution in [2.45, 2.75) is 19.0 Å². The van der Waals surface area contributed by atoms with Gasteiger partial charge in [0.2, 0.25) is 0 Å². The van der Waals surface area contributed by atoms with Gasteiger partial charge in [-0.05, 0) is 34.9 Å². The van der Waals surface area contributed by atoms with Crippen LogP contribution in [0, 0.1) is 5.82 Å². The standard InChI is InChI=1S/C20H17FN2/c21-17-8-6-16(7-9-17)19-12-22-13-20-18(19)10-11-23(20)14-15-4-2-1-3-5-15/h1-12,19H,13-14H2. The molecular weight excluding hydrogens is 287 g/mol. The summed E-state index contributed by atoms with van der Waals surface area (Å²) in [5, 5.41) is 0. The van der Waals surface area contributed by atoms with Crippen molar-refractivity contribution in [3.05, 3.63) is 95.1 Å². The van der Waals surface area contributed by atoms with Gasteiger partial charge in [0.1, 0.15) is 5.82 Å². The molecule has 0 bridgehead atoms. The predicted octanol–water partition coefficient (Wildman–Crippen LogP) is 4.39. The number of benzene rings is 2. The Balaban J connectivity index is 1.67. The van der Waals surface area contributed by atoms with Gasteiger partial charge in [0.25, 0.3) is 0 Å². The second kappa shape index (κ2) is 5.84. The molecule has 1 aliphatic rings. The lowest BCUT2D eigenvalue weighted by molar-refractivity contribution is 0.627. The molecule has 2 heterocycles. The van der Waals surface area contributed by atoms with Gasteiger partial charge in [0.15, 0.2) is 0 Å². The molecule has 23 heavy (non-hydrogen) atoms. The topological polar surface area (TPSA) is 17.3 Å². The van der Waals surface area contributed by atoms with E-state index in [1.54, 1.807) is 0 Å². The average Bonchev–Trinajstić information content (AvgIpc) is 3.00. The van der Waals surface area contributed by atoms with E-state index >= 15 is 0 Å². The zero-order chi connectivity index (χ0) is 15.6. The molecule has 0 saturated carbocycles. The number of hydrogen-bond acceptors (Lipinski definition) is 1. The molecule has 0 saturated heterocycles. The van der Waals surface area contributed by atoms with Crippen LogP contribution in [0.2, 0.25) is 0 Å². The summed E-state index contributed by atoms with van der Waals surface area (Å²) in [6, 6.07) is 19.3. The summed E-state index contributed by atoms with van der Waals surface area (Å²) >= 11 is 0. The van der Waals surface area contributed by atoms with Crippen LogP contribution in [0.4, 0.5) is 4.39 Å². The summed E-state index contributed by atoms with van der Waals surface area (Å²) in [6.45, 7) is 1.55. The van der Waals surface area contributed by atoms with E-state index in [2.05, 4.69) is 46.1 Å². The highest BCUT2D eigenvalue weighted by Crippen LogP contribution is 2.31. The van der Waals surface area contributed by atoms with Crippen LogP contribution in [-0.4, -0.2) is 10.8 Å². The molecule has 0 N–H and O–H groups in total. The second-order valence-electron chi connectivity index (χ2n) is 5.85. The lowest BCUT2D eigenvalue weighted by Gasteiger charge is -2.19. The lowest BCUT2D eigenvalue weighted by Crippen LogP contribution is -2.13. The maximum atomic E-state index is 13.2. The van der Waals surface area contributed by atoms with E-state index in [4.69, 9.17) is 0 Å². The number of nitrogens with zero attached hydrogens (tertiary/aromatic N) is 2. The van der Waals surface area contributed by atoms with E-state index in [9.17, 15) is 4.39 Å². The molecule has 3 heteroatoms. The molecule has 3 aromatic rings. The van der Waals surface area contributed by atoms with Crippen LogP contribution >= 0.6 is 0 Å². The van der Waals surface area contributed by atoms with Crippen molar-refractivity contribution in [1.82, 2.24) is 4.57 Å². The van der Waals surface area contributed by atoms with Gasteiger partial charge in [-0.15, -0.1) is 0 Å². The summed E-state index contributed by atoms with van der Waals surface area (Å²) in [4.78, 5) is 4.53. The van der Waals surface area contributed by atoms with E-state index in [0.717, 1.165) is 12.1 Å². The van der Waals surface area contributed by atoms with Gasteiger partial charge in [-0.25, -0.2) is 4.39 Å². The number of aromatic nitrogens is 1. The third kappa shape index (κ3) is 2.70. The molecule has 0 spiro atoms. The van der Waals surface area contributed by atoms with Crippen LogP contribution in [0.3, 0.4) is 0 Å². The smallest absolute Gasteiger partial charge is 0.123 e. The van der Waals surface area contributed by atoms with E-state index < -0.39 is 0 Å². The highest BCUT2D eigenvalue weighted by molar-refractivity contribution is 5.75. The molecule has 1 unspecified atom stereocenters. The molecule has 114 valence electrons. The Morgan fingerprint density at radius 3 is 2.57 bits per heavy atom. The number of aliphatic imine (C=N–C) groups is 1. The molecule has 0 aliphatic carbocycles. The molecule has 2 aromatic carbocycles. The third-order valence-electron chi connectivity index (χ3n) is 4.37. The minimum absolute atomic E-state index is 0.108. The molecule has 4 rings (SSSR count). The van der Waals surface area contributed by atoms with Crippen LogP contribution < -0.4 is 0 Å². The Labute approximate surface area is 134 Å². The quantitative estimate of drug-likeness (QED) is 0.683. The predicted molar refractivity (Wildman–Crippen MR) is 90.4 cm³/mol. The summed E-state index contributed by atoms with van der Waals surface area (Å²) in [7, 11) is 0. The largest absolute Gasteiger partial charge is 0.345 e. The normalized spacial score (nSPS) is 16.3. The maximum absolute atomic E-state index is 13.2. The Morgan fingerprint density at radius 1 is 1.00 bits per heavy atom. The summed E-state index contributed by atoms with van der Waals surface area (Å²) in [6.07, 6.45) is 4.10. The van der Waals surface area contributed by atoms with Gasteiger partial charge in [-0.3, -0.25) is 4.99 Å². The van der Waals surface area contributed by atoms with E-state index in [-0.39, 0.29) is 11.7 Å². The minimum Gasteiger partial charge on any atom is -0.345 e. The van der Waals surface area contributed by atoms with Gasteiger partial charge in [0, 0.05) is 30.6 Å². The number of hydrogen-bond donors (Lipinski definition) is 0. The van der Waals surface area contributed by atoms with Crippen LogP contribution in [0.15, 0.2) is 71.9 Å². The average molecular weight is 304 g/mol. The maximum Gasteiger partial charge on any atom is 0.123 e. The highest BCUT2D eigenvalue weighted by Gasteiger charge is 2.22. The van der Waals surface area contributed by atoms with Crippen molar-refractivity contribution < 1.29 is 4.39 Å². The van der Waals surface area contributed by atoms with Crippen LogP contribution in [0.1, 0.15) is 28.3 Å². The number of fused-ring (bicyclic) bond motifs is 1. The Bertz CT molecular complexity index is 832. The highest BCUT2D eigenvalue weighted by atomic mass is 19.1. The molecule has 0 radical (unpaired) electrons. The van der Waals surface area contributed by atoms with Crippen molar-refractivity contribution in [1.29, 1.82) is 0 Å². The fraction of sp³-hybridized carbons (Fsp3) is 0.150. The zero-order valence-electron chi connectivity index (χ0n) is 12.7. The zero-order valence-corrected chi connectivity index (χ0v) is 12.7. The summed E-state index contributed by atoms with van der Waals surface area (Å²) in [5.41, 5.74) is 4.86. The van der Waals surface area contributed by atoms with Crippen molar-refractivity contribution >= 4 is 6.21 Å². The third-order valence-corrected chi connectivity index (χ3v) is 4.37. The summed E-state index contributed by atoms with van der Waals surface area (Å²) in [5.74, 6) is -0.0975. The van der Waals surface area contributed by atoms with Crippen molar-refractivity contribution in [2.75, 3.05) is 0 Å². The van der Waals surface area contributed by atoms with Crippen molar-refractivity contribution in [2.24, 2.45) is 4.99 Å². The monoisotopic (exact) mass is 304 g/mol. The van der Waals surface area contributed by atoms with Gasteiger partial charge < -0.3 is 4.57 Å². The molecule has 2 nitrogen and oxygen atoms in total. The van der Waals surface area contributed by atoms with E-state index in [1.807, 2.05) is 24.4 Å². The Hall–Kier alpha value is -2.68. The molecular formula is C20H17FN2. The van der Waals surface area contributed by atoms with E-state index in [1.165, 1.54) is 29.0 Å². The van der Waals surface area contributed by atoms with Gasteiger partial charge in [-0.2, -0.15) is 0 Å². The Kier molecular flexibility index (Phi) is 3.54. The first-order valence-corrected chi connectivity index (χ1v) is 7.78. The molecule has 1 atom stereocenters. The minimum atomic E-state index is -0.205. The first kappa shape index (κ1) is 13.9. The van der Waals surface area contributed by atoms with Crippen LogP contribution in [-0.2, 0) is 13.1 Å². The first-order chi connectivity index (χ1) is 11.3. The molecule has 0 fully saturated rings. The lowest BCUT2D eigenvalue weighted by atomic mass is 9.91. The summed E-state index contributed by atoms with van der Waals surface area (Å²) < 4.78 is 15.4. The second-order valence-corrected chi connectivity index (χ2v) is 5.85. The van der Waals surface area contributed by atoms with Gasteiger partial charge >= 0.3 is 0 Å². The Morgan fingerprint density at radius 2 is 1.78 bits per heavy atom. The van der Waals surface area contributed by atoms with Gasteiger partial charge in [-0.1, -0.05) is 42.5 Å². The van der Waals surface area contributed by atoms with Crippen LogP contribution in [0.25, 0.3) is 0 Å². The molecule has 1 aliphatic heterocycles. The van der Waals surface area contributed by atoms with Crippen molar-refractivity contribution in [3.63, 3.8) is 0 Å². The van der Waals surface area contributed by atoms with Gasteiger partial charge in [0.05, 0.1) is 6.54 Å². The number of halogens is 1. The fourth-order valence-electron chi connectivity index (χ4n) is 3.18. The molecule has 1 aromatic heterocycles. The fourth-order valence-corrected chi connectivity index (χ4v) is 3.18. The molecule has 0 amide bonds. The van der Waals surface area contributed by atoms with E-state index in [0.29, 0.717) is 6.54 Å². The van der Waals surface area contributed by atoms with Crippen LogP contribution in [0.5, 0.6) is 0 Å². The van der Waals surface area contributed by atoms with Crippen molar-refractivity contribution in [3.8, 4) is 0 Å². The SMILES string of the molecule is Fc1ccc(C2C=NCc3c2ccn3Cc2ccccc2)cc1. The first-order valence-electron chi connectivity index (χ1n) is 7.78. The number of rotatable bonds is 3.